The van der Waals surface area contributed by atoms with Crippen molar-refractivity contribution < 1.29 is 9.52 Å². The van der Waals surface area contributed by atoms with Crippen LogP contribution in [0.25, 0.3) is 0 Å². The molecule has 8 heteroatoms. The quantitative estimate of drug-likeness (QED) is 0.290. The van der Waals surface area contributed by atoms with E-state index in [0.29, 0.717) is 5.96 Å². The molecule has 0 aliphatic heterocycles. The van der Waals surface area contributed by atoms with Crippen LogP contribution in [-0.4, -0.2) is 35.7 Å². The molecule has 3 N–H and O–H groups in total. The molecule has 1 unspecified atom stereocenters. The summed E-state index contributed by atoms with van der Waals surface area (Å²) in [5, 5.41) is 20.6. The summed E-state index contributed by atoms with van der Waals surface area (Å²) in [5.74, 6) is 2.22. The molecule has 0 saturated carbocycles. The lowest BCUT2D eigenvalue weighted by atomic mass is 9.96. The molecule has 2 heterocycles. The highest BCUT2D eigenvalue weighted by Crippen LogP contribution is 2.27. The molecule has 2 aromatic rings. The van der Waals surface area contributed by atoms with Gasteiger partial charge in [0.1, 0.15) is 17.1 Å². The van der Waals surface area contributed by atoms with Crippen LogP contribution in [0.4, 0.5) is 0 Å². The van der Waals surface area contributed by atoms with E-state index >= 15 is 0 Å². The SMILES string of the molecule is CCNC(=NCC(C)(O)c1cc(C)oc1C)NCCc1csc(CC)n1.I. The summed E-state index contributed by atoms with van der Waals surface area (Å²) >= 11 is 1.71. The third-order valence-corrected chi connectivity index (χ3v) is 5.13. The third kappa shape index (κ3) is 7.08. The van der Waals surface area contributed by atoms with Gasteiger partial charge in [-0.1, -0.05) is 6.92 Å². The van der Waals surface area contributed by atoms with Crippen molar-refractivity contribution in [2.75, 3.05) is 19.6 Å². The minimum absolute atomic E-state index is 0. The third-order valence-electron chi connectivity index (χ3n) is 4.09. The van der Waals surface area contributed by atoms with E-state index in [-0.39, 0.29) is 30.5 Å². The molecule has 27 heavy (non-hydrogen) atoms. The molecule has 0 bridgehead atoms. The monoisotopic (exact) mass is 506 g/mol. The van der Waals surface area contributed by atoms with Gasteiger partial charge in [-0.05, 0) is 40.2 Å². The topological polar surface area (TPSA) is 82.7 Å². The number of guanidine groups is 1. The second-order valence-corrected chi connectivity index (χ2v) is 7.50. The van der Waals surface area contributed by atoms with Gasteiger partial charge in [0.2, 0.25) is 0 Å². The fraction of sp³-hybridized carbons (Fsp3) is 0.579. The number of nitrogens with zero attached hydrogens (tertiary/aromatic N) is 2. The molecule has 0 radical (unpaired) electrons. The molecule has 6 nitrogen and oxygen atoms in total. The van der Waals surface area contributed by atoms with Gasteiger partial charge in [0.05, 0.1) is 17.2 Å². The maximum atomic E-state index is 10.8. The Balaban J connectivity index is 0.00000364. The summed E-state index contributed by atoms with van der Waals surface area (Å²) in [6, 6.07) is 1.87. The summed E-state index contributed by atoms with van der Waals surface area (Å²) in [4.78, 5) is 9.13. The van der Waals surface area contributed by atoms with E-state index in [1.807, 2.05) is 26.8 Å². The molecule has 0 amide bonds. The van der Waals surface area contributed by atoms with Crippen molar-refractivity contribution in [3.63, 3.8) is 0 Å². The number of thiazole rings is 1. The largest absolute Gasteiger partial charge is 0.466 e. The van der Waals surface area contributed by atoms with Crippen LogP contribution in [0.3, 0.4) is 0 Å². The number of hydrogen-bond donors (Lipinski definition) is 3. The van der Waals surface area contributed by atoms with E-state index in [9.17, 15) is 5.11 Å². The molecule has 152 valence electrons. The fourth-order valence-electron chi connectivity index (χ4n) is 2.76. The highest BCUT2D eigenvalue weighted by atomic mass is 127. The first-order valence-electron chi connectivity index (χ1n) is 9.11. The lowest BCUT2D eigenvalue weighted by molar-refractivity contribution is 0.0657. The molecule has 0 spiro atoms. The molecule has 2 rings (SSSR count). The van der Waals surface area contributed by atoms with Gasteiger partial charge in [-0.25, -0.2) is 9.98 Å². The molecule has 0 fully saturated rings. The van der Waals surface area contributed by atoms with Crippen molar-refractivity contribution in [2.24, 2.45) is 4.99 Å². The number of halogens is 1. The average Bonchev–Trinajstić information content (AvgIpc) is 3.19. The van der Waals surface area contributed by atoms with Crippen LogP contribution < -0.4 is 10.6 Å². The van der Waals surface area contributed by atoms with E-state index in [1.54, 1.807) is 18.3 Å². The van der Waals surface area contributed by atoms with E-state index < -0.39 is 5.60 Å². The zero-order valence-electron chi connectivity index (χ0n) is 16.8. The van der Waals surface area contributed by atoms with E-state index in [4.69, 9.17) is 4.42 Å². The number of nitrogens with one attached hydrogen (secondary N) is 2. The Morgan fingerprint density at radius 1 is 1.33 bits per heavy atom. The van der Waals surface area contributed by atoms with E-state index in [0.717, 1.165) is 48.7 Å². The van der Waals surface area contributed by atoms with Crippen molar-refractivity contribution in [2.45, 2.75) is 53.1 Å². The van der Waals surface area contributed by atoms with Gasteiger partial charge in [-0.2, -0.15) is 0 Å². The van der Waals surface area contributed by atoms with Crippen molar-refractivity contribution >= 4 is 41.3 Å². The van der Waals surface area contributed by atoms with Gasteiger partial charge in [0, 0.05) is 30.5 Å². The Morgan fingerprint density at radius 2 is 2.07 bits per heavy atom. The number of aryl methyl sites for hydroxylation is 3. The van der Waals surface area contributed by atoms with Gasteiger partial charge < -0.3 is 20.2 Å². The molecule has 2 aromatic heterocycles. The summed E-state index contributed by atoms with van der Waals surface area (Å²) in [6.07, 6.45) is 1.82. The summed E-state index contributed by atoms with van der Waals surface area (Å²) in [5.41, 5.74) is 0.811. The highest BCUT2D eigenvalue weighted by molar-refractivity contribution is 14.0. The van der Waals surface area contributed by atoms with Crippen LogP contribution in [0, 0.1) is 13.8 Å². The predicted molar refractivity (Wildman–Crippen MR) is 122 cm³/mol. The lowest BCUT2D eigenvalue weighted by Crippen LogP contribution is -2.39. The molecule has 0 aromatic carbocycles. The minimum atomic E-state index is -1.07. The number of furan rings is 1. The molecule has 0 saturated heterocycles. The standard InChI is InChI=1S/C19H30N4O2S.HI/c1-6-17-23-15(11-26-17)8-9-21-18(20-7-2)22-12-19(5,24)16-10-13(3)25-14(16)4;/h10-11,24H,6-9,12H2,1-5H3,(H2,20,21,22);1H. The second kappa shape index (κ2) is 11.0. The molecule has 1 atom stereocenters. The number of aliphatic hydroxyl groups is 1. The Hall–Kier alpha value is -1.13. The first kappa shape index (κ1) is 23.9. The molecular formula is C19H31IN4O2S. The van der Waals surface area contributed by atoms with Crippen LogP contribution in [0.15, 0.2) is 20.9 Å². The van der Waals surface area contributed by atoms with E-state index in [2.05, 4.69) is 32.9 Å². The zero-order valence-corrected chi connectivity index (χ0v) is 19.9. The van der Waals surface area contributed by atoms with Crippen LogP contribution in [0.2, 0.25) is 0 Å². The Morgan fingerprint density at radius 3 is 2.63 bits per heavy atom. The number of aliphatic imine (C=N–C) groups is 1. The second-order valence-electron chi connectivity index (χ2n) is 6.56. The van der Waals surface area contributed by atoms with Gasteiger partial charge in [-0.3, -0.25) is 0 Å². The summed E-state index contributed by atoms with van der Waals surface area (Å²) < 4.78 is 5.53. The van der Waals surface area contributed by atoms with Crippen LogP contribution in [-0.2, 0) is 18.4 Å². The zero-order chi connectivity index (χ0) is 19.2. The normalized spacial score (nSPS) is 13.8. The molecule has 0 aliphatic carbocycles. The van der Waals surface area contributed by atoms with Crippen molar-refractivity contribution in [1.29, 1.82) is 0 Å². The first-order chi connectivity index (χ1) is 12.4. The van der Waals surface area contributed by atoms with Gasteiger partial charge in [0.25, 0.3) is 0 Å². The van der Waals surface area contributed by atoms with Crippen molar-refractivity contribution in [3.05, 3.63) is 39.2 Å². The van der Waals surface area contributed by atoms with Gasteiger partial charge in [-0.15, -0.1) is 35.3 Å². The average molecular weight is 506 g/mol. The summed E-state index contributed by atoms with van der Waals surface area (Å²) in [6.45, 7) is 11.4. The van der Waals surface area contributed by atoms with Crippen molar-refractivity contribution in [3.8, 4) is 0 Å². The summed E-state index contributed by atoms with van der Waals surface area (Å²) in [7, 11) is 0. The predicted octanol–water partition coefficient (Wildman–Crippen LogP) is 3.54. The number of aromatic nitrogens is 1. The Kier molecular flexibility index (Phi) is 9.75. The van der Waals surface area contributed by atoms with Gasteiger partial charge >= 0.3 is 0 Å². The smallest absolute Gasteiger partial charge is 0.191 e. The minimum Gasteiger partial charge on any atom is -0.466 e. The Bertz CT molecular complexity index is 740. The molecular weight excluding hydrogens is 475 g/mol. The van der Waals surface area contributed by atoms with Crippen molar-refractivity contribution in [1.82, 2.24) is 15.6 Å². The van der Waals surface area contributed by atoms with Gasteiger partial charge in [0.15, 0.2) is 5.96 Å². The van der Waals surface area contributed by atoms with Crippen LogP contribution >= 0.6 is 35.3 Å². The maximum Gasteiger partial charge on any atom is 0.191 e. The lowest BCUT2D eigenvalue weighted by Gasteiger charge is -2.21. The Labute approximate surface area is 182 Å². The van der Waals surface area contributed by atoms with Crippen LogP contribution in [0.1, 0.15) is 48.6 Å². The maximum absolute atomic E-state index is 10.8. The fourth-order valence-corrected chi connectivity index (χ4v) is 3.54. The van der Waals surface area contributed by atoms with E-state index in [1.165, 1.54) is 5.01 Å². The number of rotatable bonds is 8. The highest BCUT2D eigenvalue weighted by Gasteiger charge is 2.27. The van der Waals surface area contributed by atoms with Crippen LogP contribution in [0.5, 0.6) is 0 Å². The molecule has 0 aliphatic rings. The first-order valence-corrected chi connectivity index (χ1v) is 9.99. The number of hydrogen-bond acceptors (Lipinski definition) is 5.